The summed E-state index contributed by atoms with van der Waals surface area (Å²) in [4.78, 5) is 25.7. The molecule has 0 aromatic heterocycles. The van der Waals surface area contributed by atoms with Crippen LogP contribution in [0.5, 0.6) is 5.75 Å². The lowest BCUT2D eigenvalue weighted by molar-refractivity contribution is -0.114. The summed E-state index contributed by atoms with van der Waals surface area (Å²) >= 11 is 11.9. The van der Waals surface area contributed by atoms with Crippen LogP contribution in [0, 0.1) is 6.92 Å². The molecule has 1 aliphatic heterocycles. The summed E-state index contributed by atoms with van der Waals surface area (Å²) in [6.45, 7) is 2.65. The number of amides is 1. The predicted molar refractivity (Wildman–Crippen MR) is 94.4 cm³/mol. The zero-order chi connectivity index (χ0) is 17.3. The van der Waals surface area contributed by atoms with Gasteiger partial charge in [-0.3, -0.25) is 9.59 Å². The highest BCUT2D eigenvalue weighted by atomic mass is 35.5. The summed E-state index contributed by atoms with van der Waals surface area (Å²) in [5.74, 6) is -0.437. The fraction of sp³-hybridized carbons (Fsp3) is 0.222. The molecule has 0 saturated carbocycles. The van der Waals surface area contributed by atoms with Crippen molar-refractivity contribution in [3.8, 4) is 5.75 Å². The molecule has 1 heterocycles. The number of fused-ring (bicyclic) bond motifs is 1. The number of ketones is 1. The van der Waals surface area contributed by atoms with Crippen LogP contribution in [-0.4, -0.2) is 24.8 Å². The average Bonchev–Trinajstić information content (AvgIpc) is 2.79. The molecule has 0 N–H and O–H groups in total. The summed E-state index contributed by atoms with van der Waals surface area (Å²) in [6, 6.07) is 10.4. The Hall–Kier alpha value is -2.04. The van der Waals surface area contributed by atoms with E-state index in [2.05, 4.69) is 0 Å². The van der Waals surface area contributed by atoms with Gasteiger partial charge in [0.25, 0.3) is 11.7 Å². The van der Waals surface area contributed by atoms with Gasteiger partial charge < -0.3 is 9.64 Å². The van der Waals surface area contributed by atoms with E-state index >= 15 is 0 Å². The van der Waals surface area contributed by atoms with E-state index < -0.39 is 11.7 Å². The summed E-state index contributed by atoms with van der Waals surface area (Å²) < 4.78 is 5.61. The Kier molecular flexibility index (Phi) is 4.78. The summed E-state index contributed by atoms with van der Waals surface area (Å²) in [6.07, 6.45) is 0.565. The van der Waals surface area contributed by atoms with Crippen LogP contribution in [0.3, 0.4) is 0 Å². The van der Waals surface area contributed by atoms with Gasteiger partial charge in [-0.15, -0.1) is 0 Å². The number of aryl methyl sites for hydroxylation is 1. The van der Waals surface area contributed by atoms with Crippen molar-refractivity contribution in [1.29, 1.82) is 0 Å². The predicted octanol–water partition coefficient (Wildman–Crippen LogP) is 4.30. The van der Waals surface area contributed by atoms with Crippen LogP contribution >= 0.6 is 23.2 Å². The third-order valence-corrected chi connectivity index (χ3v) is 4.35. The van der Waals surface area contributed by atoms with E-state index in [-0.39, 0.29) is 0 Å². The Morgan fingerprint density at radius 2 is 1.88 bits per heavy atom. The molecule has 124 valence electrons. The van der Waals surface area contributed by atoms with E-state index in [4.69, 9.17) is 27.9 Å². The third-order valence-electron chi connectivity index (χ3n) is 3.80. The number of anilines is 1. The minimum Gasteiger partial charge on any atom is -0.492 e. The van der Waals surface area contributed by atoms with Crippen LogP contribution in [0.15, 0.2) is 36.4 Å². The second-order valence-corrected chi connectivity index (χ2v) is 6.43. The third kappa shape index (κ3) is 3.25. The van der Waals surface area contributed by atoms with Crippen LogP contribution in [0.1, 0.15) is 22.3 Å². The monoisotopic (exact) mass is 363 g/mol. The topological polar surface area (TPSA) is 46.6 Å². The van der Waals surface area contributed by atoms with Gasteiger partial charge in [0, 0.05) is 17.6 Å². The van der Waals surface area contributed by atoms with E-state index in [1.54, 1.807) is 24.3 Å². The van der Waals surface area contributed by atoms with Crippen LogP contribution < -0.4 is 9.64 Å². The van der Waals surface area contributed by atoms with Crippen molar-refractivity contribution in [3.63, 3.8) is 0 Å². The maximum atomic E-state index is 12.1. The Morgan fingerprint density at radius 1 is 1.08 bits per heavy atom. The number of halogens is 2. The molecular weight excluding hydrogens is 349 g/mol. The lowest BCUT2D eigenvalue weighted by Crippen LogP contribution is -2.31. The van der Waals surface area contributed by atoms with Gasteiger partial charge in [0.05, 0.1) is 22.9 Å². The lowest BCUT2D eigenvalue weighted by Gasteiger charge is -2.17. The molecule has 24 heavy (non-hydrogen) atoms. The number of carbonyl (C=O) groups is 2. The normalized spacial score (nSPS) is 13.4. The van der Waals surface area contributed by atoms with Crippen molar-refractivity contribution in [1.82, 2.24) is 0 Å². The number of nitrogens with zero attached hydrogens (tertiary/aromatic N) is 1. The fourth-order valence-electron chi connectivity index (χ4n) is 2.63. The van der Waals surface area contributed by atoms with Gasteiger partial charge in [-0.2, -0.15) is 0 Å². The first-order chi connectivity index (χ1) is 11.5. The number of rotatable bonds is 5. The largest absolute Gasteiger partial charge is 0.492 e. The molecule has 0 fully saturated rings. The Balaban J connectivity index is 1.62. The van der Waals surface area contributed by atoms with Crippen molar-refractivity contribution in [2.75, 3.05) is 18.1 Å². The molecule has 2 aromatic carbocycles. The van der Waals surface area contributed by atoms with Gasteiger partial charge in [-0.25, -0.2) is 0 Å². The van der Waals surface area contributed by atoms with E-state index in [0.29, 0.717) is 46.6 Å². The standard InChI is InChI=1S/C18H15Cl2NO3/c1-11-3-6-15-13(9-11)17(22)18(23)21(15)7-2-8-24-16-10-12(19)4-5-14(16)20/h3-6,9-10H,2,7-8H2,1H3. The van der Waals surface area contributed by atoms with Crippen molar-refractivity contribution >= 4 is 40.6 Å². The maximum Gasteiger partial charge on any atom is 0.299 e. The van der Waals surface area contributed by atoms with Crippen LogP contribution in [0.25, 0.3) is 0 Å². The molecule has 6 heteroatoms. The number of ether oxygens (including phenoxy) is 1. The lowest BCUT2D eigenvalue weighted by atomic mass is 10.1. The Morgan fingerprint density at radius 3 is 2.67 bits per heavy atom. The first kappa shape index (κ1) is 16.8. The van der Waals surface area contributed by atoms with Crippen LogP contribution in [0.2, 0.25) is 10.0 Å². The molecule has 0 aliphatic carbocycles. The SMILES string of the molecule is Cc1ccc2c(c1)C(=O)C(=O)N2CCCOc1cc(Cl)ccc1Cl. The first-order valence-corrected chi connectivity index (χ1v) is 8.27. The second kappa shape index (κ2) is 6.83. The summed E-state index contributed by atoms with van der Waals surface area (Å²) in [5, 5.41) is 1.02. The van der Waals surface area contributed by atoms with Crippen molar-refractivity contribution in [3.05, 3.63) is 57.6 Å². The minimum absolute atomic E-state index is 0.360. The van der Waals surface area contributed by atoms with Crippen molar-refractivity contribution in [2.45, 2.75) is 13.3 Å². The van der Waals surface area contributed by atoms with Gasteiger partial charge in [0.2, 0.25) is 0 Å². The van der Waals surface area contributed by atoms with Gasteiger partial charge in [0.15, 0.2) is 0 Å². The molecule has 3 rings (SSSR count). The first-order valence-electron chi connectivity index (χ1n) is 7.52. The number of benzene rings is 2. The van der Waals surface area contributed by atoms with Gasteiger partial charge in [-0.1, -0.05) is 34.8 Å². The average molecular weight is 364 g/mol. The zero-order valence-corrected chi connectivity index (χ0v) is 14.5. The molecule has 2 aromatic rings. The van der Waals surface area contributed by atoms with Gasteiger partial charge in [-0.05, 0) is 37.6 Å². The van der Waals surface area contributed by atoms with Crippen LogP contribution in [-0.2, 0) is 4.79 Å². The molecule has 1 aliphatic rings. The molecule has 0 atom stereocenters. The molecule has 0 bridgehead atoms. The van der Waals surface area contributed by atoms with Gasteiger partial charge >= 0.3 is 0 Å². The number of carbonyl (C=O) groups excluding carboxylic acids is 2. The number of Topliss-reactive ketones (excluding diaryl/α,β-unsaturated/α-hetero) is 1. The number of hydrogen-bond acceptors (Lipinski definition) is 3. The molecule has 0 spiro atoms. The van der Waals surface area contributed by atoms with Crippen LogP contribution in [0.4, 0.5) is 5.69 Å². The van der Waals surface area contributed by atoms with E-state index in [0.717, 1.165) is 5.56 Å². The van der Waals surface area contributed by atoms with E-state index in [9.17, 15) is 9.59 Å². The highest BCUT2D eigenvalue weighted by Gasteiger charge is 2.35. The molecule has 4 nitrogen and oxygen atoms in total. The highest BCUT2D eigenvalue weighted by molar-refractivity contribution is 6.52. The summed E-state index contributed by atoms with van der Waals surface area (Å²) in [7, 11) is 0. The van der Waals surface area contributed by atoms with Crippen molar-refractivity contribution < 1.29 is 14.3 Å². The fourth-order valence-corrected chi connectivity index (χ4v) is 2.96. The quantitative estimate of drug-likeness (QED) is 0.587. The van der Waals surface area contributed by atoms with E-state index in [1.807, 2.05) is 19.1 Å². The highest BCUT2D eigenvalue weighted by Crippen LogP contribution is 2.30. The summed E-state index contributed by atoms with van der Waals surface area (Å²) in [5.41, 5.74) is 2.09. The molecule has 0 radical (unpaired) electrons. The second-order valence-electron chi connectivity index (χ2n) is 5.58. The van der Waals surface area contributed by atoms with Crippen molar-refractivity contribution in [2.24, 2.45) is 0 Å². The minimum atomic E-state index is -0.489. The number of hydrogen-bond donors (Lipinski definition) is 0. The molecule has 1 amide bonds. The molecular formula is C18H15Cl2NO3. The zero-order valence-electron chi connectivity index (χ0n) is 13.0. The molecule has 0 unspecified atom stereocenters. The van der Waals surface area contributed by atoms with Gasteiger partial charge in [0.1, 0.15) is 5.75 Å². The molecule has 0 saturated heterocycles. The Labute approximate surface area is 149 Å². The smallest absolute Gasteiger partial charge is 0.299 e. The Bertz CT molecular complexity index is 820. The van der Waals surface area contributed by atoms with E-state index in [1.165, 1.54) is 4.90 Å². The maximum absolute atomic E-state index is 12.1.